The van der Waals surface area contributed by atoms with Crippen molar-refractivity contribution in [3.63, 3.8) is 0 Å². The molecule has 4 aromatic carbocycles. The fourth-order valence-electron chi connectivity index (χ4n) is 4.04. The first-order chi connectivity index (χ1) is 16.1. The molecule has 0 saturated heterocycles. The summed E-state index contributed by atoms with van der Waals surface area (Å²) in [7, 11) is 1.48. The van der Waals surface area contributed by atoms with Crippen LogP contribution in [0.25, 0.3) is 16.3 Å². The SMILES string of the molecule is COc1ccc(Cl)cc1N1C(=O)C(Nc2cccc3ccccc23)=C(c2ccccc2)C1=O. The number of carbonyl (C=O) groups excluding carboxylic acids is 2. The summed E-state index contributed by atoms with van der Waals surface area (Å²) >= 11 is 6.20. The molecule has 2 amide bonds. The number of ether oxygens (including phenoxy) is 1. The molecule has 0 atom stereocenters. The van der Waals surface area contributed by atoms with Gasteiger partial charge in [-0.1, -0.05) is 78.3 Å². The number of amides is 2. The van der Waals surface area contributed by atoms with Gasteiger partial charge in [-0.05, 0) is 35.2 Å². The fourth-order valence-corrected chi connectivity index (χ4v) is 4.21. The summed E-state index contributed by atoms with van der Waals surface area (Å²) in [4.78, 5) is 28.5. The minimum atomic E-state index is -0.479. The largest absolute Gasteiger partial charge is 0.495 e. The van der Waals surface area contributed by atoms with Gasteiger partial charge in [0.05, 0.1) is 18.4 Å². The number of anilines is 2. The third-order valence-corrected chi connectivity index (χ3v) is 5.81. The summed E-state index contributed by atoms with van der Waals surface area (Å²) in [6.45, 7) is 0. The van der Waals surface area contributed by atoms with Crippen LogP contribution in [0.1, 0.15) is 5.56 Å². The van der Waals surface area contributed by atoms with Gasteiger partial charge in [0.25, 0.3) is 11.8 Å². The van der Waals surface area contributed by atoms with E-state index in [4.69, 9.17) is 16.3 Å². The first-order valence-electron chi connectivity index (χ1n) is 10.4. The molecule has 0 unspecified atom stereocenters. The summed E-state index contributed by atoms with van der Waals surface area (Å²) < 4.78 is 5.42. The normalized spacial score (nSPS) is 13.7. The monoisotopic (exact) mass is 454 g/mol. The topological polar surface area (TPSA) is 58.6 Å². The highest BCUT2D eigenvalue weighted by atomic mass is 35.5. The Kier molecular flexibility index (Phi) is 5.32. The van der Waals surface area contributed by atoms with Crippen LogP contribution in [-0.4, -0.2) is 18.9 Å². The summed E-state index contributed by atoms with van der Waals surface area (Å²) in [5, 5.41) is 5.62. The fraction of sp³-hybridized carbons (Fsp3) is 0.0370. The predicted molar refractivity (Wildman–Crippen MR) is 131 cm³/mol. The lowest BCUT2D eigenvalue weighted by Crippen LogP contribution is -2.32. The van der Waals surface area contributed by atoms with E-state index in [1.807, 2.05) is 72.8 Å². The molecule has 1 aliphatic rings. The van der Waals surface area contributed by atoms with Gasteiger partial charge in [-0.25, -0.2) is 4.90 Å². The van der Waals surface area contributed by atoms with Gasteiger partial charge < -0.3 is 10.1 Å². The average molecular weight is 455 g/mol. The number of benzene rings is 4. The number of fused-ring (bicyclic) bond motifs is 1. The third-order valence-electron chi connectivity index (χ3n) is 5.58. The van der Waals surface area contributed by atoms with E-state index in [0.717, 1.165) is 21.4 Å². The van der Waals surface area contributed by atoms with E-state index in [9.17, 15) is 9.59 Å². The zero-order valence-corrected chi connectivity index (χ0v) is 18.5. The van der Waals surface area contributed by atoms with E-state index >= 15 is 0 Å². The Morgan fingerprint density at radius 2 is 1.55 bits per heavy atom. The van der Waals surface area contributed by atoms with Crippen LogP contribution in [0.2, 0.25) is 5.02 Å². The maximum Gasteiger partial charge on any atom is 0.282 e. The molecular formula is C27H19ClN2O3. The first kappa shape index (κ1) is 20.8. The quantitative estimate of drug-likeness (QED) is 0.381. The van der Waals surface area contributed by atoms with E-state index < -0.39 is 11.8 Å². The molecule has 0 aliphatic carbocycles. The average Bonchev–Trinajstić information content (AvgIpc) is 3.08. The standard InChI is InChI=1S/C27H19ClN2O3/c1-33-23-15-14-19(28)16-22(23)30-26(31)24(18-9-3-2-4-10-18)25(27(30)32)29-21-13-7-11-17-8-5-6-12-20(17)21/h2-16,29H,1H3. The smallest absolute Gasteiger partial charge is 0.282 e. The van der Waals surface area contributed by atoms with E-state index in [2.05, 4.69) is 5.32 Å². The Morgan fingerprint density at radius 1 is 0.818 bits per heavy atom. The van der Waals surface area contributed by atoms with Gasteiger partial charge in [0.1, 0.15) is 11.4 Å². The molecule has 0 spiro atoms. The van der Waals surface area contributed by atoms with E-state index in [1.54, 1.807) is 18.2 Å². The van der Waals surface area contributed by atoms with Crippen LogP contribution >= 0.6 is 11.6 Å². The Labute approximate surface area is 195 Å². The number of rotatable bonds is 5. The van der Waals surface area contributed by atoms with Crippen molar-refractivity contribution in [1.29, 1.82) is 0 Å². The Balaban J connectivity index is 1.68. The number of hydrogen-bond donors (Lipinski definition) is 1. The van der Waals surface area contributed by atoms with Crippen molar-refractivity contribution in [3.05, 3.63) is 107 Å². The van der Waals surface area contributed by atoms with Crippen LogP contribution in [0.15, 0.2) is 96.7 Å². The Bertz CT molecular complexity index is 1420. The van der Waals surface area contributed by atoms with Crippen LogP contribution in [0.4, 0.5) is 11.4 Å². The summed E-state index contributed by atoms with van der Waals surface area (Å²) in [6.07, 6.45) is 0. The highest BCUT2D eigenvalue weighted by Gasteiger charge is 2.41. The van der Waals surface area contributed by atoms with Gasteiger partial charge in [-0.15, -0.1) is 0 Å². The lowest BCUT2D eigenvalue weighted by molar-refractivity contribution is -0.120. The number of carbonyl (C=O) groups is 2. The zero-order valence-electron chi connectivity index (χ0n) is 17.7. The maximum atomic E-state index is 13.7. The van der Waals surface area contributed by atoms with Crippen molar-refractivity contribution in [1.82, 2.24) is 0 Å². The Hall–Kier alpha value is -4.09. The lowest BCUT2D eigenvalue weighted by Gasteiger charge is -2.19. The highest BCUT2D eigenvalue weighted by Crippen LogP contribution is 2.39. The van der Waals surface area contributed by atoms with Gasteiger partial charge in [-0.2, -0.15) is 0 Å². The number of nitrogens with zero attached hydrogens (tertiary/aromatic N) is 1. The van der Waals surface area contributed by atoms with Crippen molar-refractivity contribution < 1.29 is 14.3 Å². The molecule has 0 radical (unpaired) electrons. The molecule has 0 saturated carbocycles. The first-order valence-corrected chi connectivity index (χ1v) is 10.7. The van der Waals surface area contributed by atoms with Crippen molar-refractivity contribution in [3.8, 4) is 5.75 Å². The molecule has 5 nitrogen and oxygen atoms in total. The number of methoxy groups -OCH3 is 1. The van der Waals surface area contributed by atoms with Crippen LogP contribution in [0.5, 0.6) is 5.75 Å². The number of imide groups is 1. The molecule has 1 heterocycles. The summed E-state index contributed by atoms with van der Waals surface area (Å²) in [5.41, 5.74) is 2.16. The van der Waals surface area contributed by atoms with Crippen molar-refractivity contribution in [2.24, 2.45) is 0 Å². The van der Waals surface area contributed by atoms with E-state index in [0.29, 0.717) is 22.0 Å². The molecule has 4 aromatic rings. The Morgan fingerprint density at radius 3 is 2.33 bits per heavy atom. The maximum absolute atomic E-state index is 13.7. The van der Waals surface area contributed by atoms with Crippen molar-refractivity contribution >= 4 is 51.1 Å². The predicted octanol–water partition coefficient (Wildman–Crippen LogP) is 5.90. The molecule has 162 valence electrons. The molecule has 0 aromatic heterocycles. The van der Waals surface area contributed by atoms with E-state index in [-0.39, 0.29) is 11.3 Å². The molecule has 1 N–H and O–H groups in total. The summed E-state index contributed by atoms with van der Waals surface area (Å²) in [6, 6.07) is 27.6. The molecule has 0 bridgehead atoms. The van der Waals surface area contributed by atoms with Crippen molar-refractivity contribution in [2.75, 3.05) is 17.3 Å². The van der Waals surface area contributed by atoms with Crippen LogP contribution < -0.4 is 15.0 Å². The second kappa shape index (κ2) is 8.45. The van der Waals surface area contributed by atoms with Gasteiger partial charge in [0.15, 0.2) is 0 Å². The lowest BCUT2D eigenvalue weighted by atomic mass is 10.0. The van der Waals surface area contributed by atoms with Crippen LogP contribution in [0, 0.1) is 0 Å². The molecule has 5 rings (SSSR count). The van der Waals surface area contributed by atoms with Gasteiger partial charge in [0.2, 0.25) is 0 Å². The minimum Gasteiger partial charge on any atom is -0.495 e. The van der Waals surface area contributed by atoms with Crippen LogP contribution in [-0.2, 0) is 9.59 Å². The molecule has 6 heteroatoms. The molecule has 33 heavy (non-hydrogen) atoms. The minimum absolute atomic E-state index is 0.199. The second-order valence-electron chi connectivity index (χ2n) is 7.53. The second-order valence-corrected chi connectivity index (χ2v) is 7.97. The third kappa shape index (κ3) is 3.62. The summed E-state index contributed by atoms with van der Waals surface area (Å²) in [5.74, 6) is -0.554. The van der Waals surface area contributed by atoms with Gasteiger partial charge in [-0.3, -0.25) is 9.59 Å². The number of hydrogen-bond acceptors (Lipinski definition) is 4. The number of halogens is 1. The highest BCUT2D eigenvalue weighted by molar-refractivity contribution is 6.46. The van der Waals surface area contributed by atoms with E-state index in [1.165, 1.54) is 7.11 Å². The van der Waals surface area contributed by atoms with Gasteiger partial charge >= 0.3 is 0 Å². The van der Waals surface area contributed by atoms with Gasteiger partial charge in [0, 0.05) is 16.1 Å². The molecule has 0 fully saturated rings. The van der Waals surface area contributed by atoms with Crippen LogP contribution in [0.3, 0.4) is 0 Å². The van der Waals surface area contributed by atoms with Crippen molar-refractivity contribution in [2.45, 2.75) is 0 Å². The number of nitrogens with one attached hydrogen (secondary N) is 1. The molecule has 1 aliphatic heterocycles. The molecular weight excluding hydrogens is 436 g/mol. The zero-order chi connectivity index (χ0) is 22.9.